The first-order valence-corrected chi connectivity index (χ1v) is 9.61. The molecule has 0 atom stereocenters. The standard InChI is InChI=1S/C21H24ClFN2O2/c22-18-8-6-17(7-9-18)16-24-11-3-12-25(14-13-24)21(26)10-15-27-20-5-2-1-4-19(20)23/h1-2,4-9H,3,10-16H2. The average Bonchev–Trinajstić information content (AvgIpc) is 2.91. The van der Waals surface area contributed by atoms with E-state index < -0.39 is 5.82 Å². The molecule has 1 amide bonds. The lowest BCUT2D eigenvalue weighted by molar-refractivity contribution is -0.131. The van der Waals surface area contributed by atoms with Crippen LogP contribution in [0.5, 0.6) is 5.75 Å². The van der Waals surface area contributed by atoms with Crippen molar-refractivity contribution in [1.29, 1.82) is 0 Å². The lowest BCUT2D eigenvalue weighted by Crippen LogP contribution is -2.35. The summed E-state index contributed by atoms with van der Waals surface area (Å²) in [6, 6.07) is 14.1. The molecule has 0 aliphatic carbocycles. The molecule has 27 heavy (non-hydrogen) atoms. The summed E-state index contributed by atoms with van der Waals surface area (Å²) < 4.78 is 18.9. The number of rotatable bonds is 6. The minimum absolute atomic E-state index is 0.0553. The first-order chi connectivity index (χ1) is 13.1. The van der Waals surface area contributed by atoms with Gasteiger partial charge < -0.3 is 9.64 Å². The maximum atomic E-state index is 13.5. The van der Waals surface area contributed by atoms with Gasteiger partial charge in [-0.2, -0.15) is 0 Å². The Morgan fingerprint density at radius 2 is 1.81 bits per heavy atom. The van der Waals surface area contributed by atoms with Gasteiger partial charge in [-0.15, -0.1) is 0 Å². The second kappa shape index (κ2) is 9.72. The van der Waals surface area contributed by atoms with Crippen LogP contribution in [0.25, 0.3) is 0 Å². The Balaban J connectivity index is 1.43. The topological polar surface area (TPSA) is 32.8 Å². The van der Waals surface area contributed by atoms with E-state index in [-0.39, 0.29) is 24.7 Å². The first kappa shape index (κ1) is 19.6. The van der Waals surface area contributed by atoms with Crippen molar-refractivity contribution in [2.75, 3.05) is 32.8 Å². The summed E-state index contributed by atoms with van der Waals surface area (Å²) in [6.45, 7) is 4.28. The van der Waals surface area contributed by atoms with Gasteiger partial charge in [-0.25, -0.2) is 4.39 Å². The third kappa shape index (κ3) is 5.94. The molecule has 1 saturated heterocycles. The highest BCUT2D eigenvalue weighted by atomic mass is 35.5. The number of nitrogens with zero attached hydrogens (tertiary/aromatic N) is 2. The lowest BCUT2D eigenvalue weighted by Gasteiger charge is -2.22. The van der Waals surface area contributed by atoms with E-state index in [1.807, 2.05) is 29.2 Å². The second-order valence-electron chi connectivity index (χ2n) is 6.67. The van der Waals surface area contributed by atoms with Crippen LogP contribution in [0.15, 0.2) is 48.5 Å². The lowest BCUT2D eigenvalue weighted by atomic mass is 10.2. The van der Waals surface area contributed by atoms with Crippen LogP contribution >= 0.6 is 11.6 Å². The molecule has 3 rings (SSSR count). The first-order valence-electron chi connectivity index (χ1n) is 9.24. The summed E-state index contributed by atoms with van der Waals surface area (Å²) in [5.74, 6) is -0.160. The van der Waals surface area contributed by atoms with Crippen molar-refractivity contribution < 1.29 is 13.9 Å². The summed E-state index contributed by atoms with van der Waals surface area (Å²) in [7, 11) is 0. The van der Waals surface area contributed by atoms with Crippen LogP contribution in [0.2, 0.25) is 5.02 Å². The van der Waals surface area contributed by atoms with E-state index >= 15 is 0 Å². The predicted octanol–water partition coefficient (Wildman–Crippen LogP) is 3.98. The van der Waals surface area contributed by atoms with Crippen LogP contribution in [0.3, 0.4) is 0 Å². The number of carbonyl (C=O) groups is 1. The third-order valence-corrected chi connectivity index (χ3v) is 4.92. The quantitative estimate of drug-likeness (QED) is 0.747. The molecule has 0 unspecified atom stereocenters. The van der Waals surface area contributed by atoms with E-state index in [0.29, 0.717) is 6.54 Å². The molecule has 4 nitrogen and oxygen atoms in total. The summed E-state index contributed by atoms with van der Waals surface area (Å²) in [6.07, 6.45) is 1.19. The van der Waals surface area contributed by atoms with Gasteiger partial charge in [0.2, 0.25) is 5.91 Å². The number of amides is 1. The van der Waals surface area contributed by atoms with Gasteiger partial charge in [0.25, 0.3) is 0 Å². The number of halogens is 2. The molecule has 144 valence electrons. The Labute approximate surface area is 164 Å². The molecule has 1 heterocycles. The highest BCUT2D eigenvalue weighted by Gasteiger charge is 2.19. The Hall–Kier alpha value is -2.11. The highest BCUT2D eigenvalue weighted by Crippen LogP contribution is 2.16. The van der Waals surface area contributed by atoms with Crippen LogP contribution in [-0.4, -0.2) is 48.5 Å². The highest BCUT2D eigenvalue weighted by molar-refractivity contribution is 6.30. The van der Waals surface area contributed by atoms with Gasteiger partial charge in [0.05, 0.1) is 13.0 Å². The van der Waals surface area contributed by atoms with Crippen LogP contribution in [-0.2, 0) is 11.3 Å². The van der Waals surface area contributed by atoms with Crippen molar-refractivity contribution in [2.45, 2.75) is 19.4 Å². The Morgan fingerprint density at radius 1 is 1.04 bits per heavy atom. The zero-order chi connectivity index (χ0) is 19.1. The molecule has 2 aromatic rings. The Morgan fingerprint density at radius 3 is 2.59 bits per heavy atom. The van der Waals surface area contributed by atoms with Gasteiger partial charge >= 0.3 is 0 Å². The minimum Gasteiger partial charge on any atom is -0.490 e. The minimum atomic E-state index is -0.405. The molecule has 0 aromatic heterocycles. The van der Waals surface area contributed by atoms with Crippen LogP contribution in [0.4, 0.5) is 4.39 Å². The van der Waals surface area contributed by atoms with Gasteiger partial charge in [0, 0.05) is 37.7 Å². The normalized spacial score (nSPS) is 15.4. The van der Waals surface area contributed by atoms with Crippen molar-refractivity contribution in [2.24, 2.45) is 0 Å². The summed E-state index contributed by atoms with van der Waals surface area (Å²) in [5.41, 5.74) is 1.22. The van der Waals surface area contributed by atoms with Crippen molar-refractivity contribution in [3.8, 4) is 5.75 Å². The van der Waals surface area contributed by atoms with Crippen LogP contribution < -0.4 is 4.74 Å². The maximum absolute atomic E-state index is 13.5. The van der Waals surface area contributed by atoms with Crippen molar-refractivity contribution in [3.63, 3.8) is 0 Å². The molecule has 6 heteroatoms. The fourth-order valence-corrected chi connectivity index (χ4v) is 3.32. The summed E-state index contributed by atoms with van der Waals surface area (Å²) >= 11 is 5.94. The zero-order valence-corrected chi connectivity index (χ0v) is 16.0. The maximum Gasteiger partial charge on any atom is 0.226 e. The van der Waals surface area contributed by atoms with E-state index in [9.17, 15) is 9.18 Å². The van der Waals surface area contributed by atoms with Gasteiger partial charge in [0.15, 0.2) is 11.6 Å². The SMILES string of the molecule is O=C(CCOc1ccccc1F)N1CCCN(Cc2ccc(Cl)cc2)CC1. The fraction of sp³-hybridized carbons (Fsp3) is 0.381. The summed E-state index contributed by atoms with van der Waals surface area (Å²) in [4.78, 5) is 16.7. The van der Waals surface area contributed by atoms with Gasteiger partial charge in [-0.1, -0.05) is 35.9 Å². The average molecular weight is 391 g/mol. The summed E-state index contributed by atoms with van der Waals surface area (Å²) in [5, 5.41) is 0.740. The predicted molar refractivity (Wildman–Crippen MR) is 104 cm³/mol. The van der Waals surface area contributed by atoms with E-state index in [2.05, 4.69) is 4.90 Å². The number of hydrogen-bond donors (Lipinski definition) is 0. The molecule has 1 aliphatic heterocycles. The smallest absolute Gasteiger partial charge is 0.226 e. The van der Waals surface area contributed by atoms with Gasteiger partial charge in [-0.3, -0.25) is 9.69 Å². The number of para-hydroxylation sites is 1. The number of carbonyl (C=O) groups excluding carboxylic acids is 1. The largest absolute Gasteiger partial charge is 0.490 e. The van der Waals surface area contributed by atoms with E-state index in [1.165, 1.54) is 11.6 Å². The molecule has 0 radical (unpaired) electrons. The van der Waals surface area contributed by atoms with Crippen LogP contribution in [0, 0.1) is 5.82 Å². The molecule has 0 bridgehead atoms. The zero-order valence-electron chi connectivity index (χ0n) is 15.2. The second-order valence-corrected chi connectivity index (χ2v) is 7.10. The molecule has 1 aliphatic rings. The molecule has 0 saturated carbocycles. The number of hydrogen-bond acceptors (Lipinski definition) is 3. The van der Waals surface area contributed by atoms with E-state index in [4.69, 9.17) is 16.3 Å². The Kier molecular flexibility index (Phi) is 7.07. The molecule has 0 spiro atoms. The molecular weight excluding hydrogens is 367 g/mol. The van der Waals surface area contributed by atoms with Crippen molar-refractivity contribution in [3.05, 3.63) is 64.9 Å². The molecular formula is C21H24ClFN2O2. The van der Waals surface area contributed by atoms with E-state index in [0.717, 1.165) is 37.6 Å². The molecule has 2 aromatic carbocycles. The number of benzene rings is 2. The monoisotopic (exact) mass is 390 g/mol. The van der Waals surface area contributed by atoms with Crippen molar-refractivity contribution in [1.82, 2.24) is 9.80 Å². The fourth-order valence-electron chi connectivity index (χ4n) is 3.19. The van der Waals surface area contributed by atoms with Crippen molar-refractivity contribution >= 4 is 17.5 Å². The Bertz CT molecular complexity index is 754. The van der Waals surface area contributed by atoms with E-state index in [1.54, 1.807) is 18.2 Å². The third-order valence-electron chi connectivity index (χ3n) is 4.67. The number of ether oxygens (including phenoxy) is 1. The van der Waals surface area contributed by atoms with Crippen LogP contribution in [0.1, 0.15) is 18.4 Å². The molecule has 1 fully saturated rings. The van der Waals surface area contributed by atoms with Gasteiger partial charge in [-0.05, 0) is 36.2 Å². The molecule has 0 N–H and O–H groups in total. The van der Waals surface area contributed by atoms with Gasteiger partial charge in [0.1, 0.15) is 0 Å².